The quantitative estimate of drug-likeness (QED) is 0.334. The van der Waals surface area contributed by atoms with Gasteiger partial charge in [0.25, 0.3) is 0 Å². The molecule has 6 nitrogen and oxygen atoms in total. The Kier molecular flexibility index (Phi) is 12.6. The SMILES string of the molecule is CCCCN(C)CC(C)C(CC)c1cccc(OC(=O)NC(C(=O)OC(C)(C)C)C(C)CC)c1. The fourth-order valence-electron chi connectivity index (χ4n) is 4.21. The molecule has 0 bridgehead atoms. The van der Waals surface area contributed by atoms with Crippen molar-refractivity contribution in [3.8, 4) is 5.75 Å². The van der Waals surface area contributed by atoms with Gasteiger partial charge in [-0.3, -0.25) is 0 Å². The molecule has 0 aliphatic rings. The third kappa shape index (κ3) is 10.5. The van der Waals surface area contributed by atoms with Gasteiger partial charge in [0.2, 0.25) is 0 Å². The van der Waals surface area contributed by atoms with Crippen molar-refractivity contribution in [1.82, 2.24) is 10.2 Å². The molecule has 6 heteroatoms. The first-order valence-corrected chi connectivity index (χ1v) is 12.9. The number of benzene rings is 1. The largest absolute Gasteiger partial charge is 0.458 e. The van der Waals surface area contributed by atoms with Gasteiger partial charge in [-0.2, -0.15) is 0 Å². The minimum absolute atomic E-state index is 0.0799. The second-order valence-corrected chi connectivity index (χ2v) is 10.6. The van der Waals surface area contributed by atoms with Crippen molar-refractivity contribution >= 4 is 12.1 Å². The smallest absolute Gasteiger partial charge is 0.413 e. The number of unbranched alkanes of at least 4 members (excludes halogenated alkanes) is 1. The molecule has 1 rings (SSSR count). The zero-order chi connectivity index (χ0) is 25.9. The van der Waals surface area contributed by atoms with Crippen LogP contribution < -0.4 is 10.1 Å². The molecule has 1 aromatic carbocycles. The molecule has 194 valence electrons. The summed E-state index contributed by atoms with van der Waals surface area (Å²) in [5.41, 5.74) is 0.536. The molecular weight excluding hydrogens is 428 g/mol. The van der Waals surface area contributed by atoms with Crippen molar-refractivity contribution in [1.29, 1.82) is 0 Å². The van der Waals surface area contributed by atoms with Gasteiger partial charge in [-0.1, -0.05) is 59.6 Å². The molecule has 1 amide bonds. The lowest BCUT2D eigenvalue weighted by atomic mass is 9.85. The van der Waals surface area contributed by atoms with Crippen LogP contribution in [0, 0.1) is 11.8 Å². The first-order chi connectivity index (χ1) is 15.9. The van der Waals surface area contributed by atoms with Gasteiger partial charge >= 0.3 is 12.1 Å². The summed E-state index contributed by atoms with van der Waals surface area (Å²) in [4.78, 5) is 27.8. The molecule has 1 N–H and O–H groups in total. The number of nitrogens with zero attached hydrogens (tertiary/aromatic N) is 1. The Morgan fingerprint density at radius 1 is 1.06 bits per heavy atom. The normalized spacial score (nSPS) is 15.4. The minimum Gasteiger partial charge on any atom is -0.458 e. The number of esters is 1. The molecule has 0 heterocycles. The molecule has 4 atom stereocenters. The van der Waals surface area contributed by atoms with Gasteiger partial charge in [0.1, 0.15) is 17.4 Å². The van der Waals surface area contributed by atoms with E-state index in [2.05, 4.69) is 44.1 Å². The molecule has 0 fully saturated rings. The summed E-state index contributed by atoms with van der Waals surface area (Å²) in [6, 6.07) is 6.99. The van der Waals surface area contributed by atoms with Crippen molar-refractivity contribution in [2.75, 3.05) is 20.1 Å². The zero-order valence-corrected chi connectivity index (χ0v) is 22.9. The van der Waals surface area contributed by atoms with Crippen molar-refractivity contribution in [3.63, 3.8) is 0 Å². The molecule has 0 aliphatic heterocycles. The summed E-state index contributed by atoms with van der Waals surface area (Å²) in [7, 11) is 2.18. The number of ether oxygens (including phenoxy) is 2. The third-order valence-electron chi connectivity index (χ3n) is 6.26. The van der Waals surface area contributed by atoms with Crippen LogP contribution in [0.4, 0.5) is 4.79 Å². The summed E-state index contributed by atoms with van der Waals surface area (Å²) < 4.78 is 11.1. The van der Waals surface area contributed by atoms with Crippen molar-refractivity contribution in [2.24, 2.45) is 11.8 Å². The van der Waals surface area contributed by atoms with Gasteiger partial charge in [-0.15, -0.1) is 0 Å². The fraction of sp³-hybridized carbons (Fsp3) is 0.714. The van der Waals surface area contributed by atoms with E-state index < -0.39 is 23.7 Å². The summed E-state index contributed by atoms with van der Waals surface area (Å²) in [5, 5.41) is 2.73. The van der Waals surface area contributed by atoms with Crippen LogP contribution in [-0.4, -0.2) is 48.7 Å². The monoisotopic (exact) mass is 476 g/mol. The second kappa shape index (κ2) is 14.3. The van der Waals surface area contributed by atoms with Crippen molar-refractivity contribution in [2.45, 2.75) is 98.6 Å². The maximum absolute atomic E-state index is 12.7. The van der Waals surface area contributed by atoms with E-state index in [0.29, 0.717) is 17.6 Å². The Hall–Kier alpha value is -2.08. The van der Waals surface area contributed by atoms with Crippen LogP contribution in [0.15, 0.2) is 24.3 Å². The Labute approximate surface area is 207 Å². The fourth-order valence-corrected chi connectivity index (χ4v) is 4.21. The maximum atomic E-state index is 12.7. The lowest BCUT2D eigenvalue weighted by Gasteiger charge is -2.28. The summed E-state index contributed by atoms with van der Waals surface area (Å²) in [6.07, 6.45) is 3.49. The van der Waals surface area contributed by atoms with E-state index in [9.17, 15) is 9.59 Å². The van der Waals surface area contributed by atoms with Gasteiger partial charge in [0.15, 0.2) is 0 Å². The van der Waals surface area contributed by atoms with Crippen LogP contribution in [0.2, 0.25) is 0 Å². The van der Waals surface area contributed by atoms with Crippen LogP contribution in [0.5, 0.6) is 5.75 Å². The number of amides is 1. The number of hydrogen-bond donors (Lipinski definition) is 1. The minimum atomic E-state index is -0.762. The number of carbonyl (C=O) groups is 2. The van der Waals surface area contributed by atoms with Crippen molar-refractivity contribution in [3.05, 3.63) is 29.8 Å². The number of nitrogens with one attached hydrogen (secondary N) is 1. The van der Waals surface area contributed by atoms with E-state index in [1.54, 1.807) is 6.07 Å². The van der Waals surface area contributed by atoms with Crippen LogP contribution in [0.1, 0.15) is 92.6 Å². The average molecular weight is 477 g/mol. The average Bonchev–Trinajstić information content (AvgIpc) is 2.75. The molecule has 4 unspecified atom stereocenters. The topological polar surface area (TPSA) is 67.9 Å². The summed E-state index contributed by atoms with van der Waals surface area (Å²) in [6.45, 7) is 18.2. The van der Waals surface area contributed by atoms with Gasteiger partial charge in [0, 0.05) is 6.54 Å². The molecule has 0 aliphatic carbocycles. The van der Waals surface area contributed by atoms with E-state index in [-0.39, 0.29) is 5.92 Å². The van der Waals surface area contributed by atoms with E-state index in [4.69, 9.17) is 9.47 Å². The van der Waals surface area contributed by atoms with Crippen LogP contribution in [-0.2, 0) is 9.53 Å². The second-order valence-electron chi connectivity index (χ2n) is 10.6. The molecule has 0 saturated heterocycles. The standard InChI is InChI=1S/C28H48N2O4/c1-10-13-17-30(9)19-21(5)24(12-3)22-15-14-16-23(18-22)33-27(32)29-25(20(4)11-2)26(31)34-28(6,7)8/h14-16,18,20-21,24-25H,10-13,17,19H2,1-9H3,(H,29,32). The van der Waals surface area contributed by atoms with Crippen LogP contribution in [0.25, 0.3) is 0 Å². The van der Waals surface area contributed by atoms with Gasteiger partial charge in [-0.05, 0) is 82.7 Å². The highest BCUT2D eigenvalue weighted by atomic mass is 16.6. The van der Waals surface area contributed by atoms with E-state index in [1.807, 2.05) is 46.8 Å². The Bertz CT molecular complexity index is 759. The van der Waals surface area contributed by atoms with Crippen LogP contribution in [0.3, 0.4) is 0 Å². The van der Waals surface area contributed by atoms with E-state index >= 15 is 0 Å². The molecule has 0 saturated carbocycles. The zero-order valence-electron chi connectivity index (χ0n) is 22.9. The number of hydrogen-bond acceptors (Lipinski definition) is 5. The van der Waals surface area contributed by atoms with Gasteiger partial charge in [-0.25, -0.2) is 9.59 Å². The lowest BCUT2D eigenvalue weighted by molar-refractivity contribution is -0.158. The molecule has 0 aromatic heterocycles. The summed E-state index contributed by atoms with van der Waals surface area (Å²) in [5.74, 6) is 0.790. The van der Waals surface area contributed by atoms with Crippen LogP contribution >= 0.6 is 0 Å². The van der Waals surface area contributed by atoms with E-state index in [1.165, 1.54) is 12.8 Å². The highest BCUT2D eigenvalue weighted by molar-refractivity contribution is 5.82. The molecular formula is C28H48N2O4. The predicted octanol–water partition coefficient (Wildman–Crippen LogP) is 6.39. The lowest BCUT2D eigenvalue weighted by Crippen LogP contribution is -2.48. The van der Waals surface area contributed by atoms with Gasteiger partial charge < -0.3 is 19.7 Å². The van der Waals surface area contributed by atoms with E-state index in [0.717, 1.165) is 31.5 Å². The number of carbonyl (C=O) groups excluding carboxylic acids is 2. The molecule has 1 aromatic rings. The predicted molar refractivity (Wildman–Crippen MR) is 139 cm³/mol. The molecule has 34 heavy (non-hydrogen) atoms. The first-order valence-electron chi connectivity index (χ1n) is 12.9. The Morgan fingerprint density at radius 3 is 2.29 bits per heavy atom. The first kappa shape index (κ1) is 30.0. The van der Waals surface area contributed by atoms with Gasteiger partial charge in [0.05, 0.1) is 0 Å². The third-order valence-corrected chi connectivity index (χ3v) is 6.26. The Morgan fingerprint density at radius 2 is 1.74 bits per heavy atom. The number of rotatable bonds is 13. The molecule has 0 spiro atoms. The highest BCUT2D eigenvalue weighted by Gasteiger charge is 2.31. The Balaban J connectivity index is 2.89. The maximum Gasteiger partial charge on any atom is 0.413 e. The van der Waals surface area contributed by atoms with Crippen molar-refractivity contribution < 1.29 is 19.1 Å². The summed E-state index contributed by atoms with van der Waals surface area (Å²) >= 11 is 0. The molecule has 0 radical (unpaired) electrons. The highest BCUT2D eigenvalue weighted by Crippen LogP contribution is 2.31.